The third-order valence-corrected chi connectivity index (χ3v) is 3.18. The van der Waals surface area contributed by atoms with Crippen LogP contribution in [-0.4, -0.2) is 48.2 Å². The molecule has 16 heavy (non-hydrogen) atoms. The van der Waals surface area contributed by atoms with Crippen LogP contribution in [0, 0.1) is 5.92 Å². The van der Waals surface area contributed by atoms with Crippen LogP contribution in [0.3, 0.4) is 0 Å². The first-order valence-electron chi connectivity index (χ1n) is 6.28. The number of amides is 1. The largest absolute Gasteiger partial charge is 0.396 e. The van der Waals surface area contributed by atoms with Gasteiger partial charge in [0, 0.05) is 19.7 Å². The van der Waals surface area contributed by atoms with E-state index in [-0.39, 0.29) is 18.6 Å². The van der Waals surface area contributed by atoms with Crippen molar-refractivity contribution in [2.24, 2.45) is 5.92 Å². The van der Waals surface area contributed by atoms with Gasteiger partial charge in [-0.3, -0.25) is 4.79 Å². The highest BCUT2D eigenvalue weighted by Gasteiger charge is 2.22. The van der Waals surface area contributed by atoms with Crippen molar-refractivity contribution in [2.45, 2.75) is 39.2 Å². The fraction of sp³-hybridized carbons (Fsp3) is 0.917. The predicted molar refractivity (Wildman–Crippen MR) is 64.1 cm³/mol. The lowest BCUT2D eigenvalue weighted by Gasteiger charge is -2.22. The first-order chi connectivity index (χ1) is 7.65. The van der Waals surface area contributed by atoms with Gasteiger partial charge in [-0.05, 0) is 38.6 Å². The number of rotatable bonds is 6. The molecule has 2 N–H and O–H groups in total. The van der Waals surface area contributed by atoms with E-state index in [9.17, 15) is 4.79 Å². The Morgan fingerprint density at radius 2 is 2.00 bits per heavy atom. The van der Waals surface area contributed by atoms with Crippen molar-refractivity contribution in [3.8, 4) is 0 Å². The van der Waals surface area contributed by atoms with Crippen LogP contribution in [0.5, 0.6) is 0 Å². The van der Waals surface area contributed by atoms with Gasteiger partial charge in [0.05, 0.1) is 6.04 Å². The normalized spacial score (nSPS) is 19.8. The van der Waals surface area contributed by atoms with Gasteiger partial charge in [-0.2, -0.15) is 0 Å². The van der Waals surface area contributed by atoms with Crippen LogP contribution in [0.15, 0.2) is 0 Å². The summed E-state index contributed by atoms with van der Waals surface area (Å²) in [4.78, 5) is 13.9. The highest BCUT2D eigenvalue weighted by Crippen LogP contribution is 2.09. The average molecular weight is 228 g/mol. The van der Waals surface area contributed by atoms with Gasteiger partial charge in [-0.25, -0.2) is 0 Å². The molecule has 1 aliphatic heterocycles. The van der Waals surface area contributed by atoms with E-state index in [4.69, 9.17) is 5.11 Å². The minimum atomic E-state index is -0.0979. The maximum absolute atomic E-state index is 11.9. The second kappa shape index (κ2) is 6.86. The zero-order chi connectivity index (χ0) is 12.0. The Labute approximate surface area is 98.0 Å². The summed E-state index contributed by atoms with van der Waals surface area (Å²) in [6.07, 6.45) is 3.07. The molecule has 1 fully saturated rings. The van der Waals surface area contributed by atoms with Gasteiger partial charge in [0.25, 0.3) is 0 Å². The first-order valence-corrected chi connectivity index (χ1v) is 6.28. The average Bonchev–Trinajstić information content (AvgIpc) is 2.78. The maximum atomic E-state index is 11.9. The van der Waals surface area contributed by atoms with Crippen molar-refractivity contribution >= 4 is 5.91 Å². The lowest BCUT2D eigenvalue weighted by atomic mass is 10.1. The number of aliphatic hydroxyl groups excluding tert-OH is 1. The van der Waals surface area contributed by atoms with Crippen LogP contribution < -0.4 is 5.32 Å². The maximum Gasteiger partial charge on any atom is 0.239 e. The fourth-order valence-electron chi connectivity index (χ4n) is 2.00. The Bertz CT molecular complexity index is 215. The molecule has 1 heterocycles. The molecule has 0 aromatic carbocycles. The molecule has 4 nitrogen and oxygen atoms in total. The first kappa shape index (κ1) is 13.5. The van der Waals surface area contributed by atoms with Crippen molar-refractivity contribution in [3.63, 3.8) is 0 Å². The monoisotopic (exact) mass is 228 g/mol. The summed E-state index contributed by atoms with van der Waals surface area (Å²) in [6.45, 7) is 6.84. The van der Waals surface area contributed by atoms with Crippen LogP contribution in [0.2, 0.25) is 0 Å². The number of nitrogens with zero attached hydrogens (tertiary/aromatic N) is 1. The SMILES string of the molecule is CC(CCO)CNC(C)C(=O)N1CCCC1. The molecule has 0 aromatic rings. The molecular weight excluding hydrogens is 204 g/mol. The van der Waals surface area contributed by atoms with E-state index < -0.39 is 0 Å². The Morgan fingerprint density at radius 1 is 1.38 bits per heavy atom. The molecule has 0 bridgehead atoms. The molecule has 4 heteroatoms. The van der Waals surface area contributed by atoms with Crippen molar-refractivity contribution in [1.82, 2.24) is 10.2 Å². The zero-order valence-corrected chi connectivity index (χ0v) is 10.4. The van der Waals surface area contributed by atoms with Gasteiger partial charge >= 0.3 is 0 Å². The van der Waals surface area contributed by atoms with Gasteiger partial charge in [0.2, 0.25) is 5.91 Å². The third-order valence-electron chi connectivity index (χ3n) is 3.18. The van der Waals surface area contributed by atoms with E-state index >= 15 is 0 Å². The Balaban J connectivity index is 2.22. The second-order valence-electron chi connectivity index (χ2n) is 4.78. The van der Waals surface area contributed by atoms with Gasteiger partial charge in [0.1, 0.15) is 0 Å². The topological polar surface area (TPSA) is 52.6 Å². The van der Waals surface area contributed by atoms with Gasteiger partial charge < -0.3 is 15.3 Å². The second-order valence-corrected chi connectivity index (χ2v) is 4.78. The number of carbonyl (C=O) groups is 1. The van der Waals surface area contributed by atoms with E-state index in [0.29, 0.717) is 5.92 Å². The van der Waals surface area contributed by atoms with Crippen molar-refractivity contribution in [1.29, 1.82) is 0 Å². The summed E-state index contributed by atoms with van der Waals surface area (Å²) < 4.78 is 0. The third kappa shape index (κ3) is 4.10. The summed E-state index contributed by atoms with van der Waals surface area (Å²) in [5.74, 6) is 0.632. The van der Waals surface area contributed by atoms with Crippen LogP contribution in [0.1, 0.15) is 33.1 Å². The molecule has 2 atom stereocenters. The van der Waals surface area contributed by atoms with Crippen LogP contribution in [0.25, 0.3) is 0 Å². The van der Waals surface area contributed by atoms with Crippen LogP contribution >= 0.6 is 0 Å². The van der Waals surface area contributed by atoms with Gasteiger partial charge in [-0.1, -0.05) is 6.92 Å². The summed E-state index contributed by atoms with van der Waals surface area (Å²) >= 11 is 0. The molecule has 0 saturated carbocycles. The van der Waals surface area contributed by atoms with E-state index in [1.165, 1.54) is 0 Å². The minimum absolute atomic E-state index is 0.0979. The predicted octanol–water partition coefficient (Wildman–Crippen LogP) is 0.605. The number of aliphatic hydroxyl groups is 1. The smallest absolute Gasteiger partial charge is 0.239 e. The molecule has 0 aromatic heterocycles. The molecular formula is C12H24N2O2. The van der Waals surface area contributed by atoms with Gasteiger partial charge in [0.15, 0.2) is 0 Å². The van der Waals surface area contributed by atoms with Crippen molar-refractivity contribution in [2.75, 3.05) is 26.2 Å². The van der Waals surface area contributed by atoms with E-state index in [0.717, 1.165) is 38.9 Å². The Hall–Kier alpha value is -0.610. The van der Waals surface area contributed by atoms with E-state index in [1.54, 1.807) is 0 Å². The molecule has 1 rings (SSSR count). The van der Waals surface area contributed by atoms with Crippen molar-refractivity contribution < 1.29 is 9.90 Å². The van der Waals surface area contributed by atoms with Crippen molar-refractivity contribution in [3.05, 3.63) is 0 Å². The molecule has 0 aliphatic carbocycles. The summed E-state index contributed by atoms with van der Waals surface area (Å²) in [5, 5.41) is 12.0. The summed E-state index contributed by atoms with van der Waals surface area (Å²) in [5.41, 5.74) is 0. The summed E-state index contributed by atoms with van der Waals surface area (Å²) in [7, 11) is 0. The molecule has 94 valence electrons. The van der Waals surface area contributed by atoms with E-state index in [1.807, 2.05) is 11.8 Å². The highest BCUT2D eigenvalue weighted by molar-refractivity contribution is 5.81. The van der Waals surface area contributed by atoms with Crippen LogP contribution in [-0.2, 0) is 4.79 Å². The summed E-state index contributed by atoms with van der Waals surface area (Å²) in [6, 6.07) is -0.0979. The van der Waals surface area contributed by atoms with Crippen LogP contribution in [0.4, 0.5) is 0 Å². The van der Waals surface area contributed by atoms with E-state index in [2.05, 4.69) is 12.2 Å². The number of nitrogens with one attached hydrogen (secondary N) is 1. The quantitative estimate of drug-likeness (QED) is 0.700. The Morgan fingerprint density at radius 3 is 2.56 bits per heavy atom. The number of hydrogen-bond donors (Lipinski definition) is 2. The minimum Gasteiger partial charge on any atom is -0.396 e. The number of likely N-dealkylation sites (tertiary alicyclic amines) is 1. The molecule has 0 spiro atoms. The lowest BCUT2D eigenvalue weighted by Crippen LogP contribution is -2.44. The number of carbonyl (C=O) groups excluding carboxylic acids is 1. The lowest BCUT2D eigenvalue weighted by molar-refractivity contribution is -0.131. The fourth-order valence-corrected chi connectivity index (χ4v) is 2.00. The molecule has 2 unspecified atom stereocenters. The Kier molecular flexibility index (Phi) is 5.77. The zero-order valence-electron chi connectivity index (χ0n) is 10.4. The number of hydrogen-bond acceptors (Lipinski definition) is 3. The highest BCUT2D eigenvalue weighted by atomic mass is 16.3. The standard InChI is InChI=1S/C12H24N2O2/c1-10(5-8-15)9-13-11(2)12(16)14-6-3-4-7-14/h10-11,13,15H,3-9H2,1-2H3. The van der Waals surface area contributed by atoms with Gasteiger partial charge in [-0.15, -0.1) is 0 Å². The molecule has 0 radical (unpaired) electrons. The molecule has 1 amide bonds. The molecule has 1 aliphatic rings. The molecule has 1 saturated heterocycles.